The largest absolute Gasteiger partial charge is 0.512 e. The molecule has 20 aromatic rings. The SMILES string of the molecule is CC(=O)C=C(C)O.Cc1[c-]c(-c2cc(C)c3ccccc3n2)cc(C)c1.Cc1ccc(-c2[c-]ccc3c2oc2ccccc23)nc1.Cc1ccc(-c2[c-]cccc2)nc1.Cc1ccc(-c2[c-]cccc2)nc1.Cc1ccnc(-c2[c-]ccc(-c3ccccc3)c2)c1.Cc1cnc(-c2[c-]ccc3c2oc2ccccc23)cc1C.[Ir].[Ir].[Ir].[Ir].[c-]1ccccc1-c1ccccn1. The molecule has 646 valence electrons. The second-order valence-electron chi connectivity index (χ2n) is 29.8. The summed E-state index contributed by atoms with van der Waals surface area (Å²) in [6.07, 6.45) is 12.3. The summed E-state index contributed by atoms with van der Waals surface area (Å²) in [5, 5.41) is 14.1. The average Bonchev–Trinajstić information content (AvgIpc) is 1.61. The van der Waals surface area contributed by atoms with Gasteiger partial charge in [0.05, 0.1) is 22.4 Å². The van der Waals surface area contributed by atoms with Gasteiger partial charge in [0.15, 0.2) is 5.78 Å². The number of benzene rings is 11. The van der Waals surface area contributed by atoms with Crippen molar-refractivity contribution in [2.24, 2.45) is 0 Å². The molecule has 0 aliphatic rings. The molecular formula is C113H92Ir4N7O4-7. The first-order valence-electron chi connectivity index (χ1n) is 40.8. The number of carbonyl (C=O) groups is 1. The van der Waals surface area contributed by atoms with Crippen molar-refractivity contribution < 1.29 is 99.2 Å². The molecule has 15 heteroatoms. The van der Waals surface area contributed by atoms with Gasteiger partial charge in [0.1, 0.15) is 11.2 Å². The second kappa shape index (κ2) is 49.3. The molecule has 9 heterocycles. The number of allylic oxidation sites excluding steroid dienone is 2. The molecule has 0 atom stereocenters. The molecule has 20 rings (SSSR count). The number of aryl methyl sites for hydroxylation is 9. The second-order valence-corrected chi connectivity index (χ2v) is 29.8. The number of hydrogen-bond acceptors (Lipinski definition) is 11. The van der Waals surface area contributed by atoms with Gasteiger partial charge in [-0.2, -0.15) is 0 Å². The molecule has 0 unspecified atom stereocenters. The molecule has 0 spiro atoms. The molecule has 0 fully saturated rings. The topological polar surface area (TPSA) is 154 Å². The molecule has 9 aromatic heterocycles. The number of aromatic nitrogens is 7. The molecule has 1 N–H and O–H groups in total. The number of rotatable bonds is 9. The Morgan fingerprint density at radius 2 is 0.781 bits per heavy atom. The van der Waals surface area contributed by atoms with E-state index in [2.05, 4.69) is 229 Å². The van der Waals surface area contributed by atoms with E-state index in [-0.39, 0.29) is 92.0 Å². The molecule has 0 saturated carbocycles. The number of fused-ring (bicyclic) bond motifs is 7. The van der Waals surface area contributed by atoms with Crippen LogP contribution in [0.4, 0.5) is 0 Å². The van der Waals surface area contributed by atoms with Crippen LogP contribution in [0.5, 0.6) is 0 Å². The van der Waals surface area contributed by atoms with E-state index in [4.69, 9.17) is 18.9 Å². The van der Waals surface area contributed by atoms with Crippen LogP contribution in [0.15, 0.2) is 367 Å². The van der Waals surface area contributed by atoms with E-state index in [9.17, 15) is 4.79 Å². The summed E-state index contributed by atoms with van der Waals surface area (Å²) in [5.74, 6) is -0.0625. The van der Waals surface area contributed by atoms with Crippen LogP contribution in [-0.4, -0.2) is 45.8 Å². The predicted molar refractivity (Wildman–Crippen MR) is 507 cm³/mol. The number of aliphatic hydroxyl groups is 1. The van der Waals surface area contributed by atoms with E-state index < -0.39 is 0 Å². The summed E-state index contributed by atoms with van der Waals surface area (Å²) >= 11 is 0. The fourth-order valence-electron chi connectivity index (χ4n) is 13.5. The standard InChI is InChI=1S/C19H14NO.C18H12NO.C18H16N.C18H14N.2C12H10N.C11H8N.C5H8O2.4Ir/c1-12-10-17(20-11-13(12)2)16-8-5-7-15-14-6-3-4-9-18(14)21-19(15)16;1-12-9-10-16(19-11-12)15-7-4-6-14-13-5-2-3-8-17(13)20-18(14)15;1-12-8-13(2)10-15(9-12)18-11-14(3)16-6-4-5-7-17(16)19-18;1-14-10-11-19-18(12-14)17-9-5-8-16(13-17)15-6-3-2-4-7-15;2*1-10-7-8-12(13-9-10)11-5-3-2-4-6-11;1-2-6-10(7-3-1)11-8-4-5-9-12-11;1-4(6)3-5(2)7;;;;/h3-7,9-11H,1-2H3;2-6,8-11H,1H3;4-9,11H,1-3H3;2-8,10-13H,1H3;2*2-5,7-9H,1H3;1-6,8-9H;3,6H,1-2H3;;;;/q7*-1;;;;;. The van der Waals surface area contributed by atoms with Crippen molar-refractivity contribution in [3.8, 4) is 89.9 Å². The number of furan rings is 2. The van der Waals surface area contributed by atoms with Crippen LogP contribution < -0.4 is 0 Å². The molecule has 4 radical (unpaired) electrons. The maximum absolute atomic E-state index is 10.0. The Balaban J connectivity index is 0.000000167. The van der Waals surface area contributed by atoms with E-state index in [1.54, 1.807) is 6.20 Å². The Bertz CT molecular complexity index is 6800. The van der Waals surface area contributed by atoms with Gasteiger partial charge in [-0.25, -0.2) is 0 Å². The zero-order valence-corrected chi connectivity index (χ0v) is 82.2. The van der Waals surface area contributed by atoms with Gasteiger partial charge in [0.25, 0.3) is 0 Å². The van der Waals surface area contributed by atoms with Gasteiger partial charge in [0, 0.05) is 140 Å². The first-order valence-corrected chi connectivity index (χ1v) is 40.8. The first-order chi connectivity index (χ1) is 60.3. The van der Waals surface area contributed by atoms with Crippen molar-refractivity contribution in [1.29, 1.82) is 0 Å². The van der Waals surface area contributed by atoms with E-state index in [0.29, 0.717) is 0 Å². The van der Waals surface area contributed by atoms with Gasteiger partial charge >= 0.3 is 0 Å². The number of pyridine rings is 7. The van der Waals surface area contributed by atoms with Gasteiger partial charge in [-0.3, -0.25) is 9.78 Å². The van der Waals surface area contributed by atoms with Crippen LogP contribution in [0.3, 0.4) is 0 Å². The van der Waals surface area contributed by atoms with Crippen molar-refractivity contribution >= 4 is 60.6 Å². The van der Waals surface area contributed by atoms with E-state index in [1.165, 1.54) is 75.4 Å². The number of carbonyl (C=O) groups excluding carboxylic acids is 1. The Hall–Kier alpha value is -12.9. The van der Waals surface area contributed by atoms with Crippen molar-refractivity contribution in [3.63, 3.8) is 0 Å². The number of para-hydroxylation sites is 3. The van der Waals surface area contributed by atoms with Crippen LogP contribution in [0.1, 0.15) is 63.9 Å². The summed E-state index contributed by atoms with van der Waals surface area (Å²) in [4.78, 5) is 41.1. The molecule has 0 aliphatic carbocycles. The minimum atomic E-state index is -0.125. The first kappa shape index (κ1) is 98.9. The summed E-state index contributed by atoms with van der Waals surface area (Å²) in [6.45, 7) is 21.5. The minimum Gasteiger partial charge on any atom is -0.512 e. The van der Waals surface area contributed by atoms with Crippen LogP contribution >= 0.6 is 0 Å². The Kier molecular flexibility index (Phi) is 38.1. The molecule has 0 aliphatic heterocycles. The molecule has 11 aromatic carbocycles. The van der Waals surface area contributed by atoms with Crippen molar-refractivity contribution in [3.05, 3.63) is 451 Å². The predicted octanol–water partition coefficient (Wildman–Crippen LogP) is 28.3. The zero-order chi connectivity index (χ0) is 86.7. The maximum atomic E-state index is 10.0. The number of aliphatic hydroxyl groups excluding tert-OH is 1. The Morgan fingerprint density at radius 1 is 0.312 bits per heavy atom. The molecule has 11 nitrogen and oxygen atoms in total. The van der Waals surface area contributed by atoms with Gasteiger partial charge in [0.2, 0.25) is 0 Å². The van der Waals surface area contributed by atoms with Crippen LogP contribution in [0.25, 0.3) is 145 Å². The average molecular weight is 2380 g/mol. The summed E-state index contributed by atoms with van der Waals surface area (Å²) < 4.78 is 12.0. The maximum Gasteiger partial charge on any atom is 0.155 e. The van der Waals surface area contributed by atoms with Gasteiger partial charge in [-0.05, 0) is 166 Å². The number of nitrogens with zero attached hydrogens (tertiary/aromatic N) is 7. The third-order valence-corrected chi connectivity index (χ3v) is 19.8. The summed E-state index contributed by atoms with van der Waals surface area (Å²) in [7, 11) is 0. The van der Waals surface area contributed by atoms with Gasteiger partial charge in [-0.1, -0.05) is 199 Å². The third kappa shape index (κ3) is 27.6. The zero-order valence-electron chi connectivity index (χ0n) is 72.6. The van der Waals surface area contributed by atoms with E-state index >= 15 is 0 Å². The quantitative estimate of drug-likeness (QED) is 0.0834. The fourth-order valence-corrected chi connectivity index (χ4v) is 13.5. The molecule has 0 amide bonds. The van der Waals surface area contributed by atoms with Crippen molar-refractivity contribution in [1.82, 2.24) is 34.9 Å². The summed E-state index contributed by atoms with van der Waals surface area (Å²) in [6, 6.07) is 126. The smallest absolute Gasteiger partial charge is 0.155 e. The molecule has 0 saturated heterocycles. The Morgan fingerprint density at radius 3 is 1.27 bits per heavy atom. The van der Waals surface area contributed by atoms with Crippen molar-refractivity contribution in [2.75, 3.05) is 0 Å². The molecule has 0 bridgehead atoms. The third-order valence-electron chi connectivity index (χ3n) is 19.8. The fraction of sp³-hybridized carbons (Fsp3) is 0.0973. The Labute approximate surface area is 804 Å². The van der Waals surface area contributed by atoms with Crippen LogP contribution in [0.2, 0.25) is 0 Å². The normalized spacial score (nSPS) is 10.3. The molecule has 128 heavy (non-hydrogen) atoms. The van der Waals surface area contributed by atoms with E-state index in [0.717, 1.165) is 139 Å². The van der Waals surface area contributed by atoms with E-state index in [1.807, 2.05) is 246 Å². The summed E-state index contributed by atoms with van der Waals surface area (Å²) in [5.41, 5.74) is 31.5. The molecular weight excluding hydrogens is 2290 g/mol. The monoisotopic (exact) mass is 2380 g/mol. The minimum absolute atomic E-state index is 0. The van der Waals surface area contributed by atoms with Gasteiger partial charge < -0.3 is 43.8 Å². The van der Waals surface area contributed by atoms with Crippen molar-refractivity contribution in [2.45, 2.75) is 76.2 Å². The number of ketones is 1. The van der Waals surface area contributed by atoms with Gasteiger partial charge in [-0.15, -0.1) is 214 Å². The van der Waals surface area contributed by atoms with Crippen LogP contribution in [0, 0.1) is 105 Å². The number of hydrogen-bond donors (Lipinski definition) is 1. The van der Waals surface area contributed by atoms with Crippen LogP contribution in [-0.2, 0) is 85.2 Å².